The van der Waals surface area contributed by atoms with E-state index >= 15 is 0 Å². The van der Waals surface area contributed by atoms with Crippen LogP contribution in [0, 0.1) is 5.82 Å². The minimum Gasteiger partial charge on any atom is -0.397 e. The van der Waals surface area contributed by atoms with Crippen LogP contribution in [-0.4, -0.2) is 18.3 Å². The molecule has 4 heteroatoms. The van der Waals surface area contributed by atoms with Crippen molar-refractivity contribution in [3.05, 3.63) is 24.0 Å². The van der Waals surface area contributed by atoms with Crippen LogP contribution in [0.3, 0.4) is 0 Å². The highest BCUT2D eigenvalue weighted by Gasteiger charge is 1.99. The Hall–Kier alpha value is -1.29. The first-order chi connectivity index (χ1) is 6.74. The molecule has 0 aliphatic rings. The highest BCUT2D eigenvalue weighted by Crippen LogP contribution is 2.18. The van der Waals surface area contributed by atoms with Crippen LogP contribution in [-0.2, 0) is 0 Å². The van der Waals surface area contributed by atoms with Crippen molar-refractivity contribution in [2.24, 2.45) is 0 Å². The molecule has 0 radical (unpaired) electrons. The van der Waals surface area contributed by atoms with Crippen molar-refractivity contribution < 1.29 is 9.50 Å². The van der Waals surface area contributed by atoms with Crippen LogP contribution in [0.5, 0.6) is 0 Å². The van der Waals surface area contributed by atoms with Gasteiger partial charge in [-0.15, -0.1) is 0 Å². The number of nitrogens with one attached hydrogen (secondary N) is 1. The molecule has 0 bridgehead atoms. The summed E-state index contributed by atoms with van der Waals surface area (Å²) < 4.78 is 12.8. The van der Waals surface area contributed by atoms with Crippen molar-refractivity contribution in [2.75, 3.05) is 24.2 Å². The lowest BCUT2D eigenvalue weighted by atomic mass is 10.2. The predicted octanol–water partition coefficient (Wildman–Crippen LogP) is 1.59. The summed E-state index contributed by atoms with van der Waals surface area (Å²) in [7, 11) is 0. The van der Waals surface area contributed by atoms with E-state index in [-0.39, 0.29) is 12.4 Å². The van der Waals surface area contributed by atoms with Gasteiger partial charge in [-0.2, -0.15) is 0 Å². The van der Waals surface area contributed by atoms with Gasteiger partial charge in [-0.25, -0.2) is 4.39 Å². The smallest absolute Gasteiger partial charge is 0.125 e. The van der Waals surface area contributed by atoms with Gasteiger partial charge in [0, 0.05) is 13.2 Å². The highest BCUT2D eigenvalue weighted by molar-refractivity contribution is 5.65. The molecule has 0 heterocycles. The fourth-order valence-corrected chi connectivity index (χ4v) is 1.14. The molecule has 0 atom stereocenters. The summed E-state index contributed by atoms with van der Waals surface area (Å²) in [6, 6.07) is 4.23. The monoisotopic (exact) mass is 198 g/mol. The molecular formula is C10H15FN2O. The molecule has 78 valence electrons. The zero-order valence-electron chi connectivity index (χ0n) is 7.96. The third-order valence-electron chi connectivity index (χ3n) is 1.92. The number of anilines is 2. The van der Waals surface area contributed by atoms with Crippen molar-refractivity contribution in [2.45, 2.75) is 12.8 Å². The zero-order valence-corrected chi connectivity index (χ0v) is 7.96. The number of unbranched alkanes of at least 4 members (excludes halogenated alkanes) is 1. The average Bonchev–Trinajstić information content (AvgIpc) is 2.18. The van der Waals surface area contributed by atoms with Crippen LogP contribution in [0.1, 0.15) is 12.8 Å². The number of hydrogen-bond donors (Lipinski definition) is 3. The Morgan fingerprint density at radius 1 is 1.36 bits per heavy atom. The van der Waals surface area contributed by atoms with Gasteiger partial charge < -0.3 is 16.2 Å². The fourth-order valence-electron chi connectivity index (χ4n) is 1.14. The van der Waals surface area contributed by atoms with Crippen LogP contribution >= 0.6 is 0 Å². The SMILES string of the molecule is Nc1ccc(F)cc1NCCCCO. The third-order valence-corrected chi connectivity index (χ3v) is 1.92. The van der Waals surface area contributed by atoms with Crippen molar-refractivity contribution in [1.82, 2.24) is 0 Å². The second-order valence-corrected chi connectivity index (χ2v) is 3.09. The van der Waals surface area contributed by atoms with E-state index in [1.54, 1.807) is 0 Å². The Balaban J connectivity index is 2.45. The van der Waals surface area contributed by atoms with Gasteiger partial charge in [-0.3, -0.25) is 0 Å². The summed E-state index contributed by atoms with van der Waals surface area (Å²) in [5, 5.41) is 11.6. The van der Waals surface area contributed by atoms with Gasteiger partial charge in [0.2, 0.25) is 0 Å². The molecule has 0 saturated heterocycles. The van der Waals surface area contributed by atoms with Gasteiger partial charge in [-0.05, 0) is 31.0 Å². The van der Waals surface area contributed by atoms with E-state index in [0.717, 1.165) is 12.8 Å². The molecule has 1 aromatic carbocycles. The van der Waals surface area contributed by atoms with Gasteiger partial charge in [0.25, 0.3) is 0 Å². The molecule has 0 saturated carbocycles. The number of rotatable bonds is 5. The summed E-state index contributed by atoms with van der Waals surface area (Å²) in [6.07, 6.45) is 1.58. The molecule has 0 aromatic heterocycles. The number of benzene rings is 1. The largest absolute Gasteiger partial charge is 0.397 e. The van der Waals surface area contributed by atoms with E-state index in [1.807, 2.05) is 0 Å². The lowest BCUT2D eigenvalue weighted by molar-refractivity contribution is 0.286. The second kappa shape index (κ2) is 5.44. The molecule has 4 N–H and O–H groups in total. The van der Waals surface area contributed by atoms with E-state index in [9.17, 15) is 4.39 Å². The number of nitrogen functional groups attached to an aromatic ring is 1. The van der Waals surface area contributed by atoms with Gasteiger partial charge in [0.1, 0.15) is 5.82 Å². The van der Waals surface area contributed by atoms with E-state index in [2.05, 4.69) is 5.32 Å². The Bertz CT molecular complexity index is 291. The maximum absolute atomic E-state index is 12.8. The maximum atomic E-state index is 12.8. The summed E-state index contributed by atoms with van der Waals surface area (Å²) in [5.74, 6) is -0.302. The number of aliphatic hydroxyl groups is 1. The topological polar surface area (TPSA) is 58.3 Å². The lowest BCUT2D eigenvalue weighted by Gasteiger charge is -2.08. The predicted molar refractivity (Wildman–Crippen MR) is 55.6 cm³/mol. The Morgan fingerprint density at radius 2 is 2.14 bits per heavy atom. The first-order valence-electron chi connectivity index (χ1n) is 4.64. The summed E-state index contributed by atoms with van der Waals surface area (Å²) in [6.45, 7) is 0.870. The summed E-state index contributed by atoms with van der Waals surface area (Å²) in [5.41, 5.74) is 6.78. The van der Waals surface area contributed by atoms with Gasteiger partial charge in [0.05, 0.1) is 11.4 Å². The molecule has 1 rings (SSSR count). The van der Waals surface area contributed by atoms with Gasteiger partial charge in [-0.1, -0.05) is 0 Å². The molecule has 0 fully saturated rings. The quantitative estimate of drug-likeness (QED) is 0.497. The molecule has 3 nitrogen and oxygen atoms in total. The Kier molecular flexibility index (Phi) is 4.19. The molecule has 14 heavy (non-hydrogen) atoms. The Morgan fingerprint density at radius 3 is 2.86 bits per heavy atom. The van der Waals surface area contributed by atoms with Crippen LogP contribution in [0.15, 0.2) is 18.2 Å². The molecule has 1 aromatic rings. The summed E-state index contributed by atoms with van der Waals surface area (Å²) in [4.78, 5) is 0. The van der Waals surface area contributed by atoms with Gasteiger partial charge >= 0.3 is 0 Å². The standard InChI is InChI=1S/C10H15FN2O/c11-8-3-4-9(12)10(7-8)13-5-1-2-6-14/h3-4,7,13-14H,1-2,5-6,12H2. The molecule has 0 aliphatic heterocycles. The van der Waals surface area contributed by atoms with Crippen LogP contribution in [0.25, 0.3) is 0 Å². The second-order valence-electron chi connectivity index (χ2n) is 3.09. The van der Waals surface area contributed by atoms with E-state index in [1.165, 1.54) is 18.2 Å². The third kappa shape index (κ3) is 3.22. The van der Waals surface area contributed by atoms with Gasteiger partial charge in [0.15, 0.2) is 0 Å². The van der Waals surface area contributed by atoms with E-state index in [0.29, 0.717) is 17.9 Å². The van der Waals surface area contributed by atoms with Crippen molar-refractivity contribution in [3.8, 4) is 0 Å². The van der Waals surface area contributed by atoms with Crippen LogP contribution < -0.4 is 11.1 Å². The Labute approximate surface area is 82.7 Å². The van der Waals surface area contributed by atoms with Crippen LogP contribution in [0.2, 0.25) is 0 Å². The lowest BCUT2D eigenvalue weighted by Crippen LogP contribution is -2.05. The summed E-state index contributed by atoms with van der Waals surface area (Å²) >= 11 is 0. The van der Waals surface area contributed by atoms with E-state index < -0.39 is 0 Å². The van der Waals surface area contributed by atoms with Crippen molar-refractivity contribution >= 4 is 11.4 Å². The first kappa shape index (κ1) is 10.8. The highest BCUT2D eigenvalue weighted by atomic mass is 19.1. The van der Waals surface area contributed by atoms with Crippen molar-refractivity contribution in [3.63, 3.8) is 0 Å². The van der Waals surface area contributed by atoms with E-state index in [4.69, 9.17) is 10.8 Å². The average molecular weight is 198 g/mol. The van der Waals surface area contributed by atoms with Crippen molar-refractivity contribution in [1.29, 1.82) is 0 Å². The molecule has 0 amide bonds. The fraction of sp³-hybridized carbons (Fsp3) is 0.400. The molecule has 0 aliphatic carbocycles. The molecular weight excluding hydrogens is 183 g/mol. The minimum absolute atomic E-state index is 0.181. The molecule has 0 spiro atoms. The number of nitrogens with two attached hydrogens (primary N) is 1. The number of aliphatic hydroxyl groups excluding tert-OH is 1. The molecule has 0 unspecified atom stereocenters. The number of hydrogen-bond acceptors (Lipinski definition) is 3. The zero-order chi connectivity index (χ0) is 10.4. The minimum atomic E-state index is -0.302. The number of halogens is 1. The normalized spacial score (nSPS) is 10.1. The maximum Gasteiger partial charge on any atom is 0.125 e. The first-order valence-corrected chi connectivity index (χ1v) is 4.64. The van der Waals surface area contributed by atoms with Crippen LogP contribution in [0.4, 0.5) is 15.8 Å².